The molecule has 124 valence electrons. The van der Waals surface area contributed by atoms with Crippen LogP contribution in [0, 0.1) is 11.3 Å². The second kappa shape index (κ2) is 7.32. The summed E-state index contributed by atoms with van der Waals surface area (Å²) in [6, 6.07) is 16.1. The number of rotatable bonds is 5. The maximum absolute atomic E-state index is 12.1. The first kappa shape index (κ1) is 16.3. The Bertz CT molecular complexity index is 892. The van der Waals surface area contributed by atoms with Crippen LogP contribution >= 0.6 is 0 Å². The van der Waals surface area contributed by atoms with Gasteiger partial charge >= 0.3 is 5.97 Å². The largest absolute Gasteiger partial charge is 0.496 e. The smallest absolute Gasteiger partial charge is 0.363 e. The highest BCUT2D eigenvalue weighted by atomic mass is 16.6. The molecule has 0 aliphatic carbocycles. The first-order chi connectivity index (χ1) is 12.2. The minimum Gasteiger partial charge on any atom is -0.496 e. The van der Waals surface area contributed by atoms with Gasteiger partial charge in [-0.2, -0.15) is 5.26 Å². The highest BCUT2D eigenvalue weighted by Gasteiger charge is 2.26. The number of cyclic esters (lactones) is 1. The Kier molecular flexibility index (Phi) is 4.77. The van der Waals surface area contributed by atoms with Gasteiger partial charge in [-0.1, -0.05) is 24.3 Å². The molecule has 2 aromatic rings. The van der Waals surface area contributed by atoms with Gasteiger partial charge in [-0.3, -0.25) is 0 Å². The lowest BCUT2D eigenvalue weighted by Gasteiger charge is -2.05. The van der Waals surface area contributed by atoms with Gasteiger partial charge < -0.3 is 14.2 Å². The molecule has 1 heterocycles. The predicted molar refractivity (Wildman–Crippen MR) is 91.2 cm³/mol. The van der Waals surface area contributed by atoms with Crippen molar-refractivity contribution in [1.29, 1.82) is 5.26 Å². The van der Waals surface area contributed by atoms with Crippen LogP contribution in [0.25, 0.3) is 6.08 Å². The predicted octanol–water partition coefficient (Wildman–Crippen LogP) is 2.94. The van der Waals surface area contributed by atoms with E-state index in [2.05, 4.69) is 4.99 Å². The van der Waals surface area contributed by atoms with Crippen LogP contribution in [0.4, 0.5) is 0 Å². The van der Waals surface area contributed by atoms with Crippen LogP contribution in [-0.4, -0.2) is 25.6 Å². The van der Waals surface area contributed by atoms with E-state index >= 15 is 0 Å². The zero-order chi connectivity index (χ0) is 17.6. The normalized spacial score (nSPS) is 14.6. The molecule has 0 amide bonds. The molecule has 0 atom stereocenters. The minimum atomic E-state index is -0.522. The van der Waals surface area contributed by atoms with E-state index in [0.29, 0.717) is 17.1 Å². The molecular weight excluding hydrogens is 320 g/mol. The molecule has 1 aliphatic heterocycles. The van der Waals surface area contributed by atoms with Gasteiger partial charge in [0.2, 0.25) is 5.90 Å². The van der Waals surface area contributed by atoms with E-state index in [4.69, 9.17) is 19.5 Å². The van der Waals surface area contributed by atoms with Crippen LogP contribution in [0.3, 0.4) is 0 Å². The number of hydrogen-bond donors (Lipinski definition) is 0. The number of ether oxygens (including phenoxy) is 3. The summed E-state index contributed by atoms with van der Waals surface area (Å²) >= 11 is 0. The summed E-state index contributed by atoms with van der Waals surface area (Å²) in [5, 5.41) is 8.50. The molecule has 1 aliphatic rings. The van der Waals surface area contributed by atoms with Crippen molar-refractivity contribution in [3.05, 3.63) is 65.4 Å². The average Bonchev–Trinajstić information content (AvgIpc) is 3.01. The summed E-state index contributed by atoms with van der Waals surface area (Å²) in [4.78, 5) is 16.3. The Morgan fingerprint density at radius 2 is 1.96 bits per heavy atom. The van der Waals surface area contributed by atoms with Crippen LogP contribution in [-0.2, 0) is 9.53 Å². The van der Waals surface area contributed by atoms with Crippen LogP contribution < -0.4 is 9.47 Å². The maximum atomic E-state index is 12.1. The summed E-state index contributed by atoms with van der Waals surface area (Å²) in [7, 11) is 1.54. The van der Waals surface area contributed by atoms with E-state index in [9.17, 15) is 4.79 Å². The van der Waals surface area contributed by atoms with Crippen molar-refractivity contribution >= 4 is 17.9 Å². The van der Waals surface area contributed by atoms with Crippen molar-refractivity contribution < 1.29 is 19.0 Å². The number of carbonyl (C=O) groups excluding carboxylic acids is 1. The molecule has 0 N–H and O–H groups in total. The third-order valence-electron chi connectivity index (χ3n) is 3.44. The molecular formula is C19H14N2O4. The van der Waals surface area contributed by atoms with Gasteiger partial charge in [0.25, 0.3) is 0 Å². The van der Waals surface area contributed by atoms with Gasteiger partial charge in [0.05, 0.1) is 12.7 Å². The van der Waals surface area contributed by atoms with Gasteiger partial charge in [-0.05, 0) is 35.9 Å². The van der Waals surface area contributed by atoms with Gasteiger partial charge in [0, 0.05) is 0 Å². The number of hydrogen-bond acceptors (Lipinski definition) is 6. The van der Waals surface area contributed by atoms with Crippen molar-refractivity contribution in [3.8, 4) is 17.6 Å². The van der Waals surface area contributed by atoms with Crippen molar-refractivity contribution in [2.24, 2.45) is 4.99 Å². The number of methoxy groups -OCH3 is 1. The molecule has 0 aromatic heterocycles. The van der Waals surface area contributed by atoms with E-state index in [1.165, 1.54) is 0 Å². The van der Waals surface area contributed by atoms with E-state index in [1.54, 1.807) is 49.6 Å². The number of esters is 1. The number of nitriles is 1. The Labute approximate surface area is 144 Å². The fraction of sp³-hybridized carbons (Fsp3) is 0.105. The Morgan fingerprint density at radius 3 is 2.68 bits per heavy atom. The van der Waals surface area contributed by atoms with Gasteiger partial charge in [-0.25, -0.2) is 9.79 Å². The fourth-order valence-corrected chi connectivity index (χ4v) is 2.28. The number of nitrogens with zero attached hydrogens (tertiary/aromatic N) is 2. The molecule has 6 nitrogen and oxygen atoms in total. The molecule has 25 heavy (non-hydrogen) atoms. The van der Waals surface area contributed by atoms with Gasteiger partial charge in [-0.15, -0.1) is 0 Å². The van der Waals surface area contributed by atoms with Gasteiger partial charge in [0.1, 0.15) is 17.6 Å². The van der Waals surface area contributed by atoms with E-state index in [1.807, 2.05) is 18.2 Å². The van der Waals surface area contributed by atoms with Crippen molar-refractivity contribution in [1.82, 2.24) is 0 Å². The second-order valence-electron chi connectivity index (χ2n) is 5.05. The van der Waals surface area contributed by atoms with Crippen molar-refractivity contribution in [2.45, 2.75) is 0 Å². The van der Waals surface area contributed by atoms with Crippen LogP contribution in [0.1, 0.15) is 11.1 Å². The Morgan fingerprint density at radius 1 is 1.20 bits per heavy atom. The zero-order valence-electron chi connectivity index (χ0n) is 13.4. The lowest BCUT2D eigenvalue weighted by Crippen LogP contribution is -2.06. The maximum Gasteiger partial charge on any atom is 0.363 e. The lowest BCUT2D eigenvalue weighted by molar-refractivity contribution is -0.129. The number of benzene rings is 2. The molecule has 3 rings (SSSR count). The van der Waals surface area contributed by atoms with Crippen molar-refractivity contribution in [3.63, 3.8) is 0 Å². The highest BCUT2D eigenvalue weighted by Crippen LogP contribution is 2.25. The Balaban J connectivity index is 1.85. The number of aliphatic imine (C=N–C) groups is 1. The minimum absolute atomic E-state index is 0.0146. The summed E-state index contributed by atoms with van der Waals surface area (Å²) in [5.41, 5.74) is 1.58. The molecule has 0 saturated carbocycles. The molecule has 2 aromatic carbocycles. The molecule has 0 fully saturated rings. The fourth-order valence-electron chi connectivity index (χ4n) is 2.28. The zero-order valence-corrected chi connectivity index (χ0v) is 13.4. The van der Waals surface area contributed by atoms with E-state index in [0.717, 1.165) is 5.56 Å². The average molecular weight is 334 g/mol. The molecule has 6 heteroatoms. The molecule has 0 unspecified atom stereocenters. The SMILES string of the molecule is COc1ccccc1C1=N/C(=C\c2ccc(OCC#N)cc2)C(=O)O1. The van der Waals surface area contributed by atoms with Crippen molar-refractivity contribution in [2.75, 3.05) is 13.7 Å². The number of para-hydroxylation sites is 1. The molecule has 0 bridgehead atoms. The Hall–Kier alpha value is -3.59. The molecule has 0 radical (unpaired) electrons. The van der Waals surface area contributed by atoms with E-state index < -0.39 is 5.97 Å². The third kappa shape index (κ3) is 3.67. The molecule has 0 spiro atoms. The first-order valence-corrected chi connectivity index (χ1v) is 7.47. The summed E-state index contributed by atoms with van der Waals surface area (Å²) < 4.78 is 15.7. The summed E-state index contributed by atoms with van der Waals surface area (Å²) in [6.45, 7) is -0.0146. The first-order valence-electron chi connectivity index (χ1n) is 7.47. The summed E-state index contributed by atoms with van der Waals surface area (Å²) in [5.74, 6) is 0.846. The van der Waals surface area contributed by atoms with Crippen LogP contribution in [0.2, 0.25) is 0 Å². The lowest BCUT2D eigenvalue weighted by atomic mass is 10.2. The molecule has 0 saturated heterocycles. The third-order valence-corrected chi connectivity index (χ3v) is 3.44. The summed E-state index contributed by atoms with van der Waals surface area (Å²) in [6.07, 6.45) is 1.62. The van der Waals surface area contributed by atoms with Crippen LogP contribution in [0.5, 0.6) is 11.5 Å². The standard InChI is InChI=1S/C19H14N2O4/c1-23-17-5-3-2-4-15(17)18-21-16(19(22)25-18)12-13-6-8-14(9-7-13)24-11-10-20/h2-9,12H,11H2,1H3/b16-12-. The van der Waals surface area contributed by atoms with Gasteiger partial charge in [0.15, 0.2) is 12.3 Å². The monoisotopic (exact) mass is 334 g/mol. The van der Waals surface area contributed by atoms with E-state index in [-0.39, 0.29) is 18.2 Å². The number of carbonyl (C=O) groups is 1. The highest BCUT2D eigenvalue weighted by molar-refractivity contribution is 6.13. The quantitative estimate of drug-likeness (QED) is 0.620. The topological polar surface area (TPSA) is 80.9 Å². The second-order valence-corrected chi connectivity index (χ2v) is 5.05. The van der Waals surface area contributed by atoms with Crippen LogP contribution in [0.15, 0.2) is 59.2 Å².